The van der Waals surface area contributed by atoms with Crippen molar-refractivity contribution in [2.75, 3.05) is 7.05 Å². The Hall–Kier alpha value is -1.68. The lowest BCUT2D eigenvalue weighted by molar-refractivity contribution is 0.535. The third-order valence-electron chi connectivity index (χ3n) is 3.12. The van der Waals surface area contributed by atoms with E-state index in [0.717, 1.165) is 18.5 Å². The van der Waals surface area contributed by atoms with Crippen LogP contribution in [-0.4, -0.2) is 21.8 Å². The molecule has 0 saturated carbocycles. The second-order valence-electron chi connectivity index (χ2n) is 4.66. The molecule has 0 aromatic carbocycles. The summed E-state index contributed by atoms with van der Waals surface area (Å²) in [5, 5.41) is 7.52. The first-order valence-corrected chi connectivity index (χ1v) is 6.26. The first-order valence-electron chi connectivity index (χ1n) is 6.26. The maximum atomic E-state index is 4.44. The predicted octanol–water partition coefficient (Wildman–Crippen LogP) is 2.02. The second-order valence-corrected chi connectivity index (χ2v) is 4.66. The topological polar surface area (TPSA) is 42.7 Å². The molecule has 4 heteroatoms. The van der Waals surface area contributed by atoms with Crippen molar-refractivity contribution in [1.82, 2.24) is 20.1 Å². The van der Waals surface area contributed by atoms with Crippen LogP contribution < -0.4 is 5.32 Å². The summed E-state index contributed by atoms with van der Waals surface area (Å²) in [7, 11) is 3.93. The summed E-state index contributed by atoms with van der Waals surface area (Å²) in [6, 6.07) is 4.46. The van der Waals surface area contributed by atoms with Crippen LogP contribution in [0.4, 0.5) is 0 Å². The number of pyridine rings is 1. The van der Waals surface area contributed by atoms with E-state index in [1.165, 1.54) is 11.1 Å². The second kappa shape index (κ2) is 5.78. The van der Waals surface area contributed by atoms with Gasteiger partial charge in [-0.3, -0.25) is 9.67 Å². The van der Waals surface area contributed by atoms with Crippen LogP contribution in [0.25, 0.3) is 0 Å². The van der Waals surface area contributed by atoms with Crippen LogP contribution in [-0.2, 0) is 13.5 Å². The van der Waals surface area contributed by atoms with Crippen molar-refractivity contribution in [2.45, 2.75) is 25.8 Å². The summed E-state index contributed by atoms with van der Waals surface area (Å²) in [5.74, 6) is 0. The van der Waals surface area contributed by atoms with Crippen LogP contribution in [0, 0.1) is 6.92 Å². The summed E-state index contributed by atoms with van der Waals surface area (Å²) >= 11 is 0. The van der Waals surface area contributed by atoms with Gasteiger partial charge >= 0.3 is 0 Å². The first kappa shape index (κ1) is 12.8. The van der Waals surface area contributed by atoms with E-state index < -0.39 is 0 Å². The van der Waals surface area contributed by atoms with E-state index in [1.54, 1.807) is 0 Å². The third-order valence-corrected chi connectivity index (χ3v) is 3.12. The van der Waals surface area contributed by atoms with Gasteiger partial charge in [-0.15, -0.1) is 0 Å². The third kappa shape index (κ3) is 3.17. The zero-order chi connectivity index (χ0) is 13.0. The van der Waals surface area contributed by atoms with Gasteiger partial charge in [-0.2, -0.15) is 5.10 Å². The highest BCUT2D eigenvalue weighted by atomic mass is 15.2. The highest BCUT2D eigenvalue weighted by Gasteiger charge is 2.11. The molecule has 0 radical (unpaired) electrons. The van der Waals surface area contributed by atoms with Crippen LogP contribution in [0.5, 0.6) is 0 Å². The van der Waals surface area contributed by atoms with Gasteiger partial charge in [-0.05, 0) is 50.1 Å². The van der Waals surface area contributed by atoms with Crippen LogP contribution >= 0.6 is 0 Å². The average molecular weight is 244 g/mol. The van der Waals surface area contributed by atoms with Crippen molar-refractivity contribution in [3.8, 4) is 0 Å². The molecule has 0 amide bonds. The number of nitrogens with zero attached hydrogens (tertiary/aromatic N) is 3. The summed E-state index contributed by atoms with van der Waals surface area (Å²) in [5.41, 5.74) is 3.63. The molecule has 2 rings (SSSR count). The Labute approximate surface area is 108 Å². The summed E-state index contributed by atoms with van der Waals surface area (Å²) in [4.78, 5) is 4.44. The van der Waals surface area contributed by atoms with Crippen molar-refractivity contribution < 1.29 is 0 Å². The van der Waals surface area contributed by atoms with E-state index in [9.17, 15) is 0 Å². The van der Waals surface area contributed by atoms with E-state index >= 15 is 0 Å². The van der Waals surface area contributed by atoms with Crippen molar-refractivity contribution >= 4 is 0 Å². The van der Waals surface area contributed by atoms with E-state index in [0.29, 0.717) is 6.04 Å². The van der Waals surface area contributed by atoms with Gasteiger partial charge in [0.25, 0.3) is 0 Å². The lowest BCUT2D eigenvalue weighted by Crippen LogP contribution is -2.18. The number of aromatic nitrogens is 3. The molecule has 0 aliphatic carbocycles. The van der Waals surface area contributed by atoms with Gasteiger partial charge in [0.15, 0.2) is 0 Å². The fourth-order valence-electron chi connectivity index (χ4n) is 2.10. The molecule has 0 saturated heterocycles. The van der Waals surface area contributed by atoms with Gasteiger partial charge in [0.05, 0.1) is 11.9 Å². The Balaban J connectivity index is 2.01. The van der Waals surface area contributed by atoms with Gasteiger partial charge in [-0.25, -0.2) is 0 Å². The van der Waals surface area contributed by atoms with Gasteiger partial charge < -0.3 is 5.32 Å². The van der Waals surface area contributed by atoms with E-state index in [1.807, 2.05) is 37.2 Å². The smallest absolute Gasteiger partial charge is 0.0575 e. The molecule has 0 aliphatic rings. The van der Waals surface area contributed by atoms with Gasteiger partial charge in [0.1, 0.15) is 0 Å². The van der Waals surface area contributed by atoms with Crippen LogP contribution in [0.1, 0.15) is 29.3 Å². The van der Waals surface area contributed by atoms with Crippen LogP contribution in [0.15, 0.2) is 30.7 Å². The lowest BCUT2D eigenvalue weighted by atomic mass is 10.0. The monoisotopic (exact) mass is 244 g/mol. The van der Waals surface area contributed by atoms with E-state index in [-0.39, 0.29) is 0 Å². The Morgan fingerprint density at radius 3 is 2.89 bits per heavy atom. The van der Waals surface area contributed by atoms with Gasteiger partial charge in [0.2, 0.25) is 0 Å². The molecule has 2 aromatic rings. The average Bonchev–Trinajstić information content (AvgIpc) is 2.76. The Morgan fingerprint density at radius 1 is 1.44 bits per heavy atom. The number of hydrogen-bond donors (Lipinski definition) is 1. The van der Waals surface area contributed by atoms with Crippen molar-refractivity contribution in [3.63, 3.8) is 0 Å². The quantitative estimate of drug-likeness (QED) is 0.875. The Morgan fingerprint density at radius 2 is 2.28 bits per heavy atom. The molecule has 1 unspecified atom stereocenters. The minimum absolute atomic E-state index is 0.296. The van der Waals surface area contributed by atoms with E-state index in [2.05, 4.69) is 34.6 Å². The molecule has 2 aromatic heterocycles. The number of nitrogens with one attached hydrogen (secondary N) is 1. The van der Waals surface area contributed by atoms with Crippen LogP contribution in [0.3, 0.4) is 0 Å². The van der Waals surface area contributed by atoms with E-state index in [4.69, 9.17) is 0 Å². The molecular weight excluding hydrogens is 224 g/mol. The first-order chi connectivity index (χ1) is 8.69. The molecule has 0 fully saturated rings. The highest BCUT2D eigenvalue weighted by molar-refractivity contribution is 5.17. The zero-order valence-electron chi connectivity index (χ0n) is 11.2. The van der Waals surface area contributed by atoms with Gasteiger partial charge in [-0.1, -0.05) is 0 Å². The zero-order valence-corrected chi connectivity index (χ0v) is 11.2. The molecule has 0 spiro atoms. The Bertz CT molecular complexity index is 504. The van der Waals surface area contributed by atoms with Crippen molar-refractivity contribution in [1.29, 1.82) is 0 Å². The van der Waals surface area contributed by atoms with Gasteiger partial charge in [0, 0.05) is 25.5 Å². The fourth-order valence-corrected chi connectivity index (χ4v) is 2.10. The van der Waals surface area contributed by atoms with Crippen LogP contribution in [0.2, 0.25) is 0 Å². The molecule has 0 bridgehead atoms. The summed E-state index contributed by atoms with van der Waals surface area (Å²) in [6.07, 6.45) is 7.90. The Kier molecular flexibility index (Phi) is 4.10. The van der Waals surface area contributed by atoms with Crippen molar-refractivity contribution in [2.24, 2.45) is 7.05 Å². The number of rotatable bonds is 5. The maximum absolute atomic E-state index is 4.44. The predicted molar refractivity (Wildman–Crippen MR) is 72.3 cm³/mol. The molecular formula is C14H20N4. The minimum atomic E-state index is 0.296. The summed E-state index contributed by atoms with van der Waals surface area (Å²) in [6.45, 7) is 2.10. The lowest BCUT2D eigenvalue weighted by Gasteiger charge is -2.15. The number of aryl methyl sites for hydroxylation is 3. The summed E-state index contributed by atoms with van der Waals surface area (Å²) < 4.78 is 1.84. The normalized spacial score (nSPS) is 12.6. The molecule has 2 heterocycles. The molecule has 96 valence electrons. The largest absolute Gasteiger partial charge is 0.312 e. The molecule has 1 atom stereocenters. The standard InChI is InChI=1S/C14H20N4/c1-11-6-7-16-14(8-11)13(15-2)5-4-12-9-17-18(3)10-12/h6-10,13,15H,4-5H2,1-3H3. The maximum Gasteiger partial charge on any atom is 0.0575 e. The SMILES string of the molecule is CNC(CCc1cnn(C)c1)c1cc(C)ccn1. The fraction of sp³-hybridized carbons (Fsp3) is 0.429. The number of hydrogen-bond acceptors (Lipinski definition) is 3. The molecule has 0 aliphatic heterocycles. The highest BCUT2D eigenvalue weighted by Crippen LogP contribution is 2.17. The minimum Gasteiger partial charge on any atom is -0.312 e. The van der Waals surface area contributed by atoms with Crippen molar-refractivity contribution in [3.05, 3.63) is 47.5 Å². The molecule has 1 N–H and O–H groups in total. The molecule has 4 nitrogen and oxygen atoms in total. The molecule has 18 heavy (non-hydrogen) atoms.